The molecule has 0 radical (unpaired) electrons. The van der Waals surface area contributed by atoms with Gasteiger partial charge in [-0.25, -0.2) is 4.68 Å². The van der Waals surface area contributed by atoms with E-state index in [1.165, 1.54) is 29.7 Å². The summed E-state index contributed by atoms with van der Waals surface area (Å²) in [6.07, 6.45) is 2.96. The van der Waals surface area contributed by atoms with Gasteiger partial charge in [0.1, 0.15) is 5.69 Å². The third-order valence-corrected chi connectivity index (χ3v) is 4.59. The lowest BCUT2D eigenvalue weighted by Gasteiger charge is -2.02. The van der Waals surface area contributed by atoms with E-state index in [9.17, 15) is 10.1 Å². The molecule has 1 aromatic carbocycles. The number of furan rings is 1. The first-order chi connectivity index (χ1) is 12.7. The zero-order valence-electron chi connectivity index (χ0n) is 13.5. The molecular weight excluding hydrogens is 360 g/mol. The van der Waals surface area contributed by atoms with Crippen LogP contribution >= 0.6 is 11.3 Å². The summed E-state index contributed by atoms with van der Waals surface area (Å²) in [5, 5.41) is 17.6. The first-order valence-electron chi connectivity index (χ1n) is 7.47. The second-order valence-corrected chi connectivity index (χ2v) is 6.02. The average molecular weight is 372 g/mol. The summed E-state index contributed by atoms with van der Waals surface area (Å²) >= 11 is 1.38. The Morgan fingerprint density at radius 1 is 1.35 bits per heavy atom. The number of rotatable bonds is 4. The van der Waals surface area contributed by atoms with Crippen molar-refractivity contribution in [2.75, 3.05) is 13.8 Å². The molecule has 0 unspecified atom stereocenters. The molecule has 26 heavy (non-hydrogen) atoms. The van der Waals surface area contributed by atoms with E-state index >= 15 is 0 Å². The quantitative estimate of drug-likeness (QED) is 0.398. The van der Waals surface area contributed by atoms with Gasteiger partial charge in [0.15, 0.2) is 17.3 Å². The lowest BCUT2D eigenvalue weighted by atomic mass is 10.1. The first-order valence-corrected chi connectivity index (χ1v) is 8.35. The van der Waals surface area contributed by atoms with Gasteiger partial charge in [0.2, 0.25) is 11.6 Å². The molecule has 0 saturated carbocycles. The Morgan fingerprint density at radius 2 is 2.15 bits per heavy atom. The molecule has 3 heterocycles. The minimum atomic E-state index is -0.486. The molecule has 0 bridgehead atoms. The van der Waals surface area contributed by atoms with Crippen molar-refractivity contribution < 1.29 is 18.8 Å². The maximum atomic E-state index is 11.4. The van der Waals surface area contributed by atoms with Crippen LogP contribution in [0, 0.1) is 10.1 Å². The van der Waals surface area contributed by atoms with E-state index < -0.39 is 4.92 Å². The van der Waals surface area contributed by atoms with Gasteiger partial charge in [0, 0.05) is 12.4 Å². The van der Waals surface area contributed by atoms with E-state index in [0.29, 0.717) is 33.3 Å². The highest BCUT2D eigenvalue weighted by molar-refractivity contribution is 7.07. The van der Waals surface area contributed by atoms with Crippen LogP contribution in [-0.2, 0) is 0 Å². The summed E-state index contributed by atoms with van der Waals surface area (Å²) in [7, 11) is 1.65. The third-order valence-electron chi connectivity index (χ3n) is 3.68. The zero-order valence-corrected chi connectivity index (χ0v) is 14.3. The number of thiazole rings is 1. The van der Waals surface area contributed by atoms with Gasteiger partial charge in [-0.05, 0) is 18.2 Å². The molecule has 10 heteroatoms. The largest absolute Gasteiger partial charge is 0.463 e. The van der Waals surface area contributed by atoms with Crippen LogP contribution < -0.4 is 14.3 Å². The molecule has 0 aliphatic carbocycles. The summed E-state index contributed by atoms with van der Waals surface area (Å²) in [6, 6.07) is 6.44. The SMILES string of the molecule is CN=c1scc(-c2ccco2)n1N=Cc1cc2c(cc1[N+](=O)[O-])OCO2. The Balaban J connectivity index is 1.81. The average Bonchev–Trinajstić information content (AvgIpc) is 3.37. The second-order valence-electron chi connectivity index (χ2n) is 5.18. The summed E-state index contributed by atoms with van der Waals surface area (Å²) in [4.78, 5) is 15.7. The number of hydrogen-bond acceptors (Lipinski definition) is 8. The second kappa shape index (κ2) is 6.48. The molecule has 0 fully saturated rings. The van der Waals surface area contributed by atoms with Crippen molar-refractivity contribution in [2.45, 2.75) is 0 Å². The van der Waals surface area contributed by atoms with Gasteiger partial charge in [-0.1, -0.05) is 0 Å². The summed E-state index contributed by atoms with van der Waals surface area (Å²) in [5.74, 6) is 1.41. The van der Waals surface area contributed by atoms with Crippen LogP contribution in [0.3, 0.4) is 0 Å². The minimum Gasteiger partial charge on any atom is -0.463 e. The molecule has 132 valence electrons. The lowest BCUT2D eigenvalue weighted by molar-refractivity contribution is -0.385. The summed E-state index contributed by atoms with van der Waals surface area (Å²) in [5.41, 5.74) is 0.869. The molecule has 9 nitrogen and oxygen atoms in total. The van der Waals surface area contributed by atoms with Gasteiger partial charge in [-0.15, -0.1) is 11.3 Å². The summed E-state index contributed by atoms with van der Waals surface area (Å²) < 4.78 is 17.5. The molecule has 0 atom stereocenters. The number of hydrogen-bond donors (Lipinski definition) is 0. The molecule has 4 rings (SSSR count). The van der Waals surface area contributed by atoms with E-state index in [1.54, 1.807) is 30.1 Å². The molecule has 0 N–H and O–H groups in total. The Morgan fingerprint density at radius 3 is 2.85 bits per heavy atom. The summed E-state index contributed by atoms with van der Waals surface area (Å²) in [6.45, 7) is 0.0356. The first kappa shape index (κ1) is 16.1. The molecule has 0 amide bonds. The van der Waals surface area contributed by atoms with Crippen LogP contribution in [0.25, 0.3) is 11.5 Å². The molecule has 3 aromatic rings. The topological polar surface area (TPSA) is 104 Å². The van der Waals surface area contributed by atoms with Crippen LogP contribution in [-0.4, -0.2) is 29.7 Å². The monoisotopic (exact) mass is 372 g/mol. The molecule has 0 saturated heterocycles. The lowest BCUT2D eigenvalue weighted by Crippen LogP contribution is -2.11. The smallest absolute Gasteiger partial charge is 0.282 e. The van der Waals surface area contributed by atoms with E-state index in [4.69, 9.17) is 13.9 Å². The highest BCUT2D eigenvalue weighted by atomic mass is 32.1. The number of ether oxygens (including phenoxy) is 2. The normalized spacial score (nSPS) is 13.7. The molecule has 2 aromatic heterocycles. The van der Waals surface area contributed by atoms with E-state index in [-0.39, 0.29) is 12.5 Å². The van der Waals surface area contributed by atoms with Gasteiger partial charge in [-0.2, -0.15) is 5.10 Å². The standard InChI is InChI=1S/C16H12N4O5S/c1-17-16-19(12(8-26-16)13-3-2-4-23-13)18-7-10-5-14-15(25-9-24-14)6-11(10)20(21)22/h2-8H,9H2,1H3. The van der Waals surface area contributed by atoms with Crippen molar-refractivity contribution in [3.63, 3.8) is 0 Å². The predicted molar refractivity (Wildman–Crippen MR) is 93.7 cm³/mol. The predicted octanol–water partition coefficient (Wildman–Crippen LogP) is 2.86. The Hall–Kier alpha value is -3.40. The van der Waals surface area contributed by atoms with Crippen molar-refractivity contribution in [1.29, 1.82) is 0 Å². The Bertz CT molecular complexity index is 1060. The van der Waals surface area contributed by atoms with Crippen LogP contribution in [0.15, 0.2) is 50.4 Å². The Labute approximate surface area is 150 Å². The number of benzene rings is 1. The molecule has 1 aliphatic heterocycles. The zero-order chi connectivity index (χ0) is 18.1. The molecule has 0 spiro atoms. The van der Waals surface area contributed by atoms with Crippen LogP contribution in [0.4, 0.5) is 5.69 Å². The highest BCUT2D eigenvalue weighted by Crippen LogP contribution is 2.37. The number of nitro groups is 1. The number of nitro benzene ring substituents is 1. The fraction of sp³-hybridized carbons (Fsp3) is 0.125. The van der Waals surface area contributed by atoms with E-state index in [2.05, 4.69) is 10.1 Å². The van der Waals surface area contributed by atoms with E-state index in [0.717, 1.165) is 0 Å². The van der Waals surface area contributed by atoms with Crippen molar-refractivity contribution in [3.05, 3.63) is 56.4 Å². The van der Waals surface area contributed by atoms with Gasteiger partial charge in [-0.3, -0.25) is 15.1 Å². The number of aromatic nitrogens is 1. The van der Waals surface area contributed by atoms with Crippen molar-refractivity contribution >= 4 is 23.2 Å². The van der Waals surface area contributed by atoms with Gasteiger partial charge >= 0.3 is 0 Å². The number of fused-ring (bicyclic) bond motifs is 1. The highest BCUT2D eigenvalue weighted by Gasteiger charge is 2.22. The van der Waals surface area contributed by atoms with Crippen molar-refractivity contribution in [1.82, 2.24) is 4.68 Å². The van der Waals surface area contributed by atoms with Crippen LogP contribution in [0.5, 0.6) is 11.5 Å². The van der Waals surface area contributed by atoms with Crippen molar-refractivity contribution in [2.24, 2.45) is 10.1 Å². The minimum absolute atomic E-state index is 0.0356. The Kier molecular flexibility index (Phi) is 4.01. The fourth-order valence-electron chi connectivity index (χ4n) is 2.49. The third kappa shape index (κ3) is 2.75. The molecular formula is C16H12N4O5S. The maximum absolute atomic E-state index is 11.4. The van der Waals surface area contributed by atoms with Crippen molar-refractivity contribution in [3.8, 4) is 23.0 Å². The number of nitrogens with zero attached hydrogens (tertiary/aromatic N) is 4. The van der Waals surface area contributed by atoms with Gasteiger partial charge in [0.05, 0.1) is 29.0 Å². The van der Waals surface area contributed by atoms with Gasteiger partial charge in [0.25, 0.3) is 5.69 Å². The van der Waals surface area contributed by atoms with E-state index in [1.807, 2.05) is 5.38 Å². The fourth-order valence-corrected chi connectivity index (χ4v) is 3.27. The van der Waals surface area contributed by atoms with Crippen LogP contribution in [0.2, 0.25) is 0 Å². The van der Waals surface area contributed by atoms with Gasteiger partial charge < -0.3 is 13.9 Å². The maximum Gasteiger partial charge on any atom is 0.282 e. The van der Waals surface area contributed by atoms with Crippen LogP contribution in [0.1, 0.15) is 5.56 Å². The molecule has 1 aliphatic rings.